The van der Waals surface area contributed by atoms with E-state index in [9.17, 15) is 0 Å². The van der Waals surface area contributed by atoms with E-state index in [0.29, 0.717) is 0 Å². The Hall–Kier alpha value is -7.56. The van der Waals surface area contributed by atoms with E-state index in [4.69, 9.17) is 14.7 Å². The number of nitrogens with zero attached hydrogens (tertiary/aromatic N) is 3. The van der Waals surface area contributed by atoms with Crippen molar-refractivity contribution in [2.24, 2.45) is 0 Å². The summed E-state index contributed by atoms with van der Waals surface area (Å²) in [4.78, 5) is 9.92. The Morgan fingerprint density at radius 2 is 1.03 bits per heavy atom. The van der Waals surface area contributed by atoms with E-state index in [0.717, 1.165) is 83.9 Å². The Morgan fingerprint density at radius 1 is 0.433 bits per heavy atom. The van der Waals surface area contributed by atoms with Crippen molar-refractivity contribution < 1.29 is 4.74 Å². The number of para-hydroxylation sites is 1. The van der Waals surface area contributed by atoms with Gasteiger partial charge in [0.25, 0.3) is 0 Å². The van der Waals surface area contributed by atoms with Gasteiger partial charge in [0.05, 0.1) is 16.7 Å². The minimum absolute atomic E-state index is 0.0304. The second kappa shape index (κ2) is 14.1. The van der Waals surface area contributed by atoms with E-state index < -0.39 is 0 Å². The van der Waals surface area contributed by atoms with E-state index in [2.05, 4.69) is 201 Å². The molecule has 0 unspecified atom stereocenters. The van der Waals surface area contributed by atoms with Crippen LogP contribution in [0.3, 0.4) is 0 Å². The van der Waals surface area contributed by atoms with Gasteiger partial charge >= 0.3 is 0 Å². The lowest BCUT2D eigenvalue weighted by Gasteiger charge is -2.25. The monoisotopic (exact) mass is 771 g/mol. The second-order valence-corrected chi connectivity index (χ2v) is 16.6. The minimum atomic E-state index is -0.0304. The molecule has 0 N–H and O–H groups in total. The molecule has 286 valence electrons. The van der Waals surface area contributed by atoms with E-state index in [1.807, 2.05) is 18.5 Å². The van der Waals surface area contributed by atoms with Crippen molar-refractivity contribution in [2.45, 2.75) is 26.2 Å². The van der Waals surface area contributed by atoms with Crippen LogP contribution in [0.25, 0.3) is 94.5 Å². The van der Waals surface area contributed by atoms with Crippen LogP contribution in [0.15, 0.2) is 194 Å². The van der Waals surface area contributed by atoms with Gasteiger partial charge in [0.1, 0.15) is 17.3 Å². The summed E-state index contributed by atoms with van der Waals surface area (Å²) in [5.41, 5.74) is 16.5. The van der Waals surface area contributed by atoms with E-state index in [-0.39, 0.29) is 5.41 Å². The van der Waals surface area contributed by atoms with Gasteiger partial charge in [0.15, 0.2) is 0 Å². The highest BCUT2D eigenvalue weighted by Gasteiger charge is 2.26. The molecule has 0 amide bonds. The summed E-state index contributed by atoms with van der Waals surface area (Å²) in [7, 11) is 0. The normalized spacial score (nSPS) is 11.9. The smallest absolute Gasteiger partial charge is 0.137 e. The molecule has 0 bridgehead atoms. The number of benzene rings is 7. The van der Waals surface area contributed by atoms with Crippen LogP contribution in [0, 0.1) is 0 Å². The number of aromatic nitrogens is 3. The van der Waals surface area contributed by atoms with Crippen LogP contribution in [0.4, 0.5) is 0 Å². The van der Waals surface area contributed by atoms with E-state index in [1.54, 1.807) is 0 Å². The molecule has 0 saturated heterocycles. The third-order valence-corrected chi connectivity index (χ3v) is 11.9. The number of fused-ring (bicyclic) bond motifs is 11. The lowest BCUT2D eigenvalue weighted by atomic mass is 9.80. The van der Waals surface area contributed by atoms with Crippen LogP contribution in [0.5, 0.6) is 11.5 Å². The summed E-state index contributed by atoms with van der Waals surface area (Å²) in [6.07, 6.45) is 3.83. The van der Waals surface area contributed by atoms with Crippen LogP contribution >= 0.6 is 0 Å². The molecule has 4 heteroatoms. The summed E-state index contributed by atoms with van der Waals surface area (Å²) in [6, 6.07) is 64.8. The van der Waals surface area contributed by atoms with Gasteiger partial charge in [0, 0.05) is 40.4 Å². The summed E-state index contributed by atoms with van der Waals surface area (Å²) in [5.74, 6) is 2.37. The Kier molecular flexibility index (Phi) is 8.35. The van der Waals surface area contributed by atoms with Gasteiger partial charge in [-0.15, -0.1) is 0 Å². The summed E-state index contributed by atoms with van der Waals surface area (Å²) in [5, 5.41) is 2.31. The third kappa shape index (κ3) is 5.99. The van der Waals surface area contributed by atoms with Crippen molar-refractivity contribution in [2.75, 3.05) is 0 Å². The van der Waals surface area contributed by atoms with Crippen molar-refractivity contribution >= 4 is 21.8 Å². The molecule has 0 aliphatic heterocycles. The fourth-order valence-electron chi connectivity index (χ4n) is 8.97. The van der Waals surface area contributed by atoms with Gasteiger partial charge in [-0.1, -0.05) is 142 Å². The lowest BCUT2D eigenvalue weighted by Crippen LogP contribution is -2.12. The van der Waals surface area contributed by atoms with Crippen molar-refractivity contribution in [1.82, 2.24) is 14.5 Å². The number of hydrogen-bond donors (Lipinski definition) is 0. The average molecular weight is 772 g/mol. The highest BCUT2D eigenvalue weighted by molar-refractivity contribution is 6.10. The summed E-state index contributed by atoms with van der Waals surface area (Å²) < 4.78 is 9.59. The number of hydrogen-bond acceptors (Lipinski definition) is 3. The summed E-state index contributed by atoms with van der Waals surface area (Å²) >= 11 is 0. The molecule has 10 aromatic rings. The number of rotatable bonds is 5. The van der Waals surface area contributed by atoms with Crippen molar-refractivity contribution in [3.05, 3.63) is 200 Å². The highest BCUT2D eigenvalue weighted by atomic mass is 16.5. The first-order valence-electron chi connectivity index (χ1n) is 20.6. The first kappa shape index (κ1) is 35.6. The van der Waals surface area contributed by atoms with Gasteiger partial charge in [0.2, 0.25) is 0 Å². The van der Waals surface area contributed by atoms with Crippen molar-refractivity contribution in [1.29, 1.82) is 0 Å². The minimum Gasteiger partial charge on any atom is -0.457 e. The molecule has 0 saturated carbocycles. The summed E-state index contributed by atoms with van der Waals surface area (Å²) in [6.45, 7) is 6.72. The lowest BCUT2D eigenvalue weighted by molar-refractivity contribution is 0.485. The first-order chi connectivity index (χ1) is 29.4. The molecule has 60 heavy (non-hydrogen) atoms. The number of pyridine rings is 2. The number of ether oxygens (including phenoxy) is 1. The van der Waals surface area contributed by atoms with Crippen LogP contribution in [-0.4, -0.2) is 14.5 Å². The van der Waals surface area contributed by atoms with Crippen LogP contribution in [0.1, 0.15) is 26.3 Å². The van der Waals surface area contributed by atoms with Gasteiger partial charge in [-0.25, -0.2) is 4.98 Å². The standard InChI is InChI=1S/C56H41N3O/c1-56(2,3)39-28-30-58-54(34-39)59-51-24-14-13-22-46(51)47-26-25-40(35-52(47)59)60-53-33-38(50-32-37(27-29-57-50)36-15-5-4-6-16-36)31-49-45-21-10-9-19-43(45)41-17-7-8-18-42(41)44-20-11-12-23-48(44)55(49)53/h4-35H,1-3H3. The zero-order valence-corrected chi connectivity index (χ0v) is 33.7. The quantitative estimate of drug-likeness (QED) is 0.175. The highest BCUT2D eigenvalue weighted by Crippen LogP contribution is 2.52. The predicted octanol–water partition coefficient (Wildman–Crippen LogP) is 15.0. The first-order valence-corrected chi connectivity index (χ1v) is 20.6. The Morgan fingerprint density at radius 3 is 1.75 bits per heavy atom. The van der Waals surface area contributed by atoms with Gasteiger partial charge < -0.3 is 4.74 Å². The molecule has 1 aliphatic rings. The maximum Gasteiger partial charge on any atom is 0.137 e. The molecule has 11 rings (SSSR count). The molecule has 3 heterocycles. The Labute approximate surface area is 350 Å². The maximum absolute atomic E-state index is 7.32. The van der Waals surface area contributed by atoms with Crippen molar-refractivity contribution in [3.63, 3.8) is 0 Å². The molecule has 0 atom stereocenters. The molecule has 4 nitrogen and oxygen atoms in total. The fraction of sp³-hybridized carbons (Fsp3) is 0.0714. The second-order valence-electron chi connectivity index (χ2n) is 16.6. The Balaban J connectivity index is 1.17. The maximum atomic E-state index is 7.32. The molecule has 1 aliphatic carbocycles. The SMILES string of the molecule is CC(C)(C)c1ccnc(-n2c3ccccc3c3ccc(Oc4cc(-c5cc(-c6ccccc6)ccn5)cc5c4-c4ccccc4-c4ccccc4-c4ccccc4-5)cc32)c1. The predicted molar refractivity (Wildman–Crippen MR) is 248 cm³/mol. The fourth-order valence-corrected chi connectivity index (χ4v) is 8.97. The molecular weight excluding hydrogens is 731 g/mol. The van der Waals surface area contributed by atoms with Crippen LogP contribution in [-0.2, 0) is 5.41 Å². The van der Waals surface area contributed by atoms with Crippen LogP contribution < -0.4 is 4.74 Å². The zero-order chi connectivity index (χ0) is 40.4. The van der Waals surface area contributed by atoms with E-state index >= 15 is 0 Å². The molecule has 3 aromatic heterocycles. The zero-order valence-electron chi connectivity index (χ0n) is 33.7. The van der Waals surface area contributed by atoms with Crippen LogP contribution in [0.2, 0.25) is 0 Å². The third-order valence-electron chi connectivity index (χ3n) is 11.9. The van der Waals surface area contributed by atoms with Gasteiger partial charge in [-0.2, -0.15) is 0 Å². The molecule has 0 radical (unpaired) electrons. The Bertz CT molecular complexity index is 3280. The van der Waals surface area contributed by atoms with Gasteiger partial charge in [-0.3, -0.25) is 9.55 Å². The molecular formula is C56H41N3O. The largest absolute Gasteiger partial charge is 0.457 e. The molecule has 7 aromatic carbocycles. The topological polar surface area (TPSA) is 39.9 Å². The average Bonchev–Trinajstić information content (AvgIpc) is 3.62. The van der Waals surface area contributed by atoms with Gasteiger partial charge in [-0.05, 0) is 116 Å². The van der Waals surface area contributed by atoms with E-state index in [1.165, 1.54) is 27.6 Å². The van der Waals surface area contributed by atoms with Crippen molar-refractivity contribution in [3.8, 4) is 84.2 Å². The molecule has 0 spiro atoms. The molecule has 0 fully saturated rings.